The van der Waals surface area contributed by atoms with E-state index in [1.807, 2.05) is 0 Å². The van der Waals surface area contributed by atoms with Gasteiger partial charge in [-0.3, -0.25) is 0 Å². The normalized spacial score (nSPS) is 15.6. The van der Waals surface area contributed by atoms with E-state index in [1.165, 1.54) is 11.1 Å². The molecule has 3 rings (SSSR count). The SMILES string of the molecule is CCN1CCN(c2cc(Nc3c(C)cccc3C(C)C)ncn2)CC1. The average Bonchev–Trinajstić information content (AvgIpc) is 2.63. The van der Waals surface area contributed by atoms with Crippen molar-refractivity contribution in [2.45, 2.75) is 33.6 Å². The lowest BCUT2D eigenvalue weighted by Crippen LogP contribution is -2.46. The van der Waals surface area contributed by atoms with Crippen LogP contribution in [0.3, 0.4) is 0 Å². The minimum Gasteiger partial charge on any atom is -0.354 e. The van der Waals surface area contributed by atoms with E-state index in [0.29, 0.717) is 5.92 Å². The van der Waals surface area contributed by atoms with E-state index < -0.39 is 0 Å². The highest BCUT2D eigenvalue weighted by atomic mass is 15.3. The number of likely N-dealkylation sites (N-methyl/N-ethyl adjacent to an activating group) is 1. The third-order valence-electron chi connectivity index (χ3n) is 4.98. The quantitative estimate of drug-likeness (QED) is 0.898. The van der Waals surface area contributed by atoms with Gasteiger partial charge in [-0.1, -0.05) is 39.0 Å². The molecule has 1 aliphatic heterocycles. The van der Waals surface area contributed by atoms with E-state index in [0.717, 1.165) is 50.0 Å². The van der Waals surface area contributed by atoms with Gasteiger partial charge >= 0.3 is 0 Å². The van der Waals surface area contributed by atoms with Crippen LogP contribution in [-0.2, 0) is 0 Å². The topological polar surface area (TPSA) is 44.3 Å². The van der Waals surface area contributed by atoms with E-state index in [2.05, 4.69) is 77.0 Å². The highest BCUT2D eigenvalue weighted by Crippen LogP contribution is 2.30. The van der Waals surface area contributed by atoms with Crippen LogP contribution in [0, 0.1) is 6.92 Å². The van der Waals surface area contributed by atoms with Gasteiger partial charge in [-0.25, -0.2) is 9.97 Å². The van der Waals surface area contributed by atoms with Crippen LogP contribution in [0.2, 0.25) is 0 Å². The molecule has 2 heterocycles. The van der Waals surface area contributed by atoms with Gasteiger partial charge in [0.1, 0.15) is 18.0 Å². The maximum absolute atomic E-state index is 4.49. The van der Waals surface area contributed by atoms with Crippen molar-refractivity contribution in [3.8, 4) is 0 Å². The molecule has 0 amide bonds. The summed E-state index contributed by atoms with van der Waals surface area (Å²) in [5, 5.41) is 3.53. The largest absolute Gasteiger partial charge is 0.354 e. The fraction of sp³-hybridized carbons (Fsp3) is 0.500. The van der Waals surface area contributed by atoms with Crippen LogP contribution in [-0.4, -0.2) is 47.6 Å². The summed E-state index contributed by atoms with van der Waals surface area (Å²) >= 11 is 0. The van der Waals surface area contributed by atoms with Crippen molar-refractivity contribution < 1.29 is 0 Å². The van der Waals surface area contributed by atoms with Crippen LogP contribution in [0.4, 0.5) is 17.3 Å². The number of aryl methyl sites for hydroxylation is 1. The second-order valence-corrected chi connectivity index (χ2v) is 7.00. The smallest absolute Gasteiger partial charge is 0.135 e. The van der Waals surface area contributed by atoms with Crippen molar-refractivity contribution in [1.82, 2.24) is 14.9 Å². The third kappa shape index (κ3) is 4.10. The number of piperazine rings is 1. The number of para-hydroxylation sites is 1. The van der Waals surface area contributed by atoms with E-state index in [9.17, 15) is 0 Å². The predicted octanol–water partition coefficient (Wildman–Crippen LogP) is 3.79. The van der Waals surface area contributed by atoms with Crippen LogP contribution >= 0.6 is 0 Å². The standard InChI is InChI=1S/C20H29N5/c1-5-24-9-11-25(12-10-24)19-13-18(21-14-22-19)23-20-16(4)7-6-8-17(20)15(2)3/h6-8,13-15H,5,9-12H2,1-4H3,(H,21,22,23). The minimum atomic E-state index is 0.464. The molecule has 134 valence electrons. The molecule has 2 aromatic rings. The van der Waals surface area contributed by atoms with E-state index in [1.54, 1.807) is 6.33 Å². The number of nitrogens with one attached hydrogen (secondary N) is 1. The zero-order valence-corrected chi connectivity index (χ0v) is 15.8. The molecule has 25 heavy (non-hydrogen) atoms. The first-order valence-electron chi connectivity index (χ1n) is 9.24. The summed E-state index contributed by atoms with van der Waals surface area (Å²) in [5.41, 5.74) is 3.72. The van der Waals surface area contributed by atoms with E-state index >= 15 is 0 Å². The molecule has 0 unspecified atom stereocenters. The Kier molecular flexibility index (Phi) is 5.53. The van der Waals surface area contributed by atoms with E-state index in [4.69, 9.17) is 0 Å². The monoisotopic (exact) mass is 339 g/mol. The van der Waals surface area contributed by atoms with Crippen molar-refractivity contribution in [1.29, 1.82) is 0 Å². The fourth-order valence-corrected chi connectivity index (χ4v) is 3.35. The first kappa shape index (κ1) is 17.7. The number of hydrogen-bond acceptors (Lipinski definition) is 5. The first-order valence-corrected chi connectivity index (χ1v) is 9.24. The third-order valence-corrected chi connectivity index (χ3v) is 4.98. The van der Waals surface area contributed by atoms with Crippen LogP contribution in [0.15, 0.2) is 30.6 Å². The minimum absolute atomic E-state index is 0.464. The summed E-state index contributed by atoms with van der Waals surface area (Å²) in [6.45, 7) is 14.2. The molecule has 0 aliphatic carbocycles. The van der Waals surface area contributed by atoms with Crippen LogP contribution in [0.1, 0.15) is 37.8 Å². The molecule has 1 N–H and O–H groups in total. The summed E-state index contributed by atoms with van der Waals surface area (Å²) in [6.07, 6.45) is 1.66. The molecule has 0 radical (unpaired) electrons. The molecule has 5 heteroatoms. The highest BCUT2D eigenvalue weighted by molar-refractivity contribution is 5.67. The number of nitrogens with zero attached hydrogens (tertiary/aromatic N) is 4. The van der Waals surface area contributed by atoms with Gasteiger partial charge < -0.3 is 15.1 Å². The number of aromatic nitrogens is 2. The number of anilines is 3. The molecule has 0 atom stereocenters. The Labute approximate surface area is 151 Å². The fourth-order valence-electron chi connectivity index (χ4n) is 3.35. The summed E-state index contributed by atoms with van der Waals surface area (Å²) in [5.74, 6) is 2.33. The van der Waals surface area contributed by atoms with Gasteiger partial charge in [-0.2, -0.15) is 0 Å². The zero-order valence-electron chi connectivity index (χ0n) is 15.8. The van der Waals surface area contributed by atoms with E-state index in [-0.39, 0.29) is 0 Å². The summed E-state index contributed by atoms with van der Waals surface area (Å²) in [6, 6.07) is 8.51. The molecule has 1 saturated heterocycles. The maximum atomic E-state index is 4.49. The lowest BCUT2D eigenvalue weighted by atomic mass is 9.98. The van der Waals surface area contributed by atoms with Crippen molar-refractivity contribution in [2.24, 2.45) is 0 Å². The Balaban J connectivity index is 1.79. The Bertz CT molecular complexity index is 705. The first-order chi connectivity index (χ1) is 12.1. The van der Waals surface area contributed by atoms with Gasteiger partial charge in [0.05, 0.1) is 0 Å². The lowest BCUT2D eigenvalue weighted by Gasteiger charge is -2.34. The van der Waals surface area contributed by atoms with Crippen molar-refractivity contribution in [3.63, 3.8) is 0 Å². The van der Waals surface area contributed by atoms with Crippen LogP contribution in [0.25, 0.3) is 0 Å². The Morgan fingerprint density at radius 2 is 1.88 bits per heavy atom. The average molecular weight is 339 g/mol. The molecular formula is C20H29N5. The van der Waals surface area contributed by atoms with Crippen LogP contribution in [0.5, 0.6) is 0 Å². The molecular weight excluding hydrogens is 310 g/mol. The summed E-state index contributed by atoms with van der Waals surface area (Å²) in [7, 11) is 0. The van der Waals surface area contributed by atoms with Gasteiger partial charge in [0.25, 0.3) is 0 Å². The Morgan fingerprint density at radius 1 is 1.12 bits per heavy atom. The molecule has 1 aromatic heterocycles. The second kappa shape index (κ2) is 7.83. The lowest BCUT2D eigenvalue weighted by molar-refractivity contribution is 0.270. The molecule has 1 fully saturated rings. The maximum Gasteiger partial charge on any atom is 0.135 e. The van der Waals surface area contributed by atoms with Crippen molar-refractivity contribution in [2.75, 3.05) is 42.9 Å². The molecule has 0 spiro atoms. The van der Waals surface area contributed by atoms with Gasteiger partial charge in [-0.05, 0) is 30.5 Å². The number of hydrogen-bond donors (Lipinski definition) is 1. The van der Waals surface area contributed by atoms with Gasteiger partial charge in [0.2, 0.25) is 0 Å². The summed E-state index contributed by atoms with van der Waals surface area (Å²) in [4.78, 5) is 13.8. The van der Waals surface area contributed by atoms with Crippen LogP contribution < -0.4 is 10.2 Å². The molecule has 0 saturated carbocycles. The second-order valence-electron chi connectivity index (χ2n) is 7.00. The molecule has 0 bridgehead atoms. The zero-order chi connectivity index (χ0) is 17.8. The molecule has 5 nitrogen and oxygen atoms in total. The van der Waals surface area contributed by atoms with Crippen molar-refractivity contribution in [3.05, 3.63) is 41.7 Å². The van der Waals surface area contributed by atoms with Gasteiger partial charge in [-0.15, -0.1) is 0 Å². The van der Waals surface area contributed by atoms with Crippen molar-refractivity contribution >= 4 is 17.3 Å². The predicted molar refractivity (Wildman–Crippen MR) is 105 cm³/mol. The number of benzene rings is 1. The van der Waals surface area contributed by atoms with Gasteiger partial charge in [0.15, 0.2) is 0 Å². The van der Waals surface area contributed by atoms with Gasteiger partial charge in [0, 0.05) is 37.9 Å². The Hall–Kier alpha value is -2.14. The summed E-state index contributed by atoms with van der Waals surface area (Å²) < 4.78 is 0. The molecule has 1 aliphatic rings. The number of rotatable bonds is 5. The Morgan fingerprint density at radius 3 is 2.56 bits per heavy atom. The molecule has 1 aromatic carbocycles. The highest BCUT2D eigenvalue weighted by Gasteiger charge is 2.17.